The van der Waals surface area contributed by atoms with E-state index in [0.29, 0.717) is 5.88 Å². The Labute approximate surface area is 171 Å². The number of benzene rings is 2. The minimum atomic E-state index is -3.60. The largest absolute Gasteiger partial charge is 0.240 e. The summed E-state index contributed by atoms with van der Waals surface area (Å²) in [7, 11) is -3.60. The van der Waals surface area contributed by atoms with Crippen molar-refractivity contribution >= 4 is 21.6 Å². The van der Waals surface area contributed by atoms with E-state index in [1.54, 1.807) is 12.1 Å². The number of rotatable bonds is 8. The molecule has 0 radical (unpaired) electrons. The normalized spacial score (nSPS) is 11.7. The molecule has 148 valence electrons. The molecule has 28 heavy (non-hydrogen) atoms. The summed E-state index contributed by atoms with van der Waals surface area (Å²) in [5.41, 5.74) is 4.63. The Morgan fingerprint density at radius 2 is 1.71 bits per heavy atom. The highest BCUT2D eigenvalue weighted by molar-refractivity contribution is 7.89. The molecule has 0 saturated carbocycles. The van der Waals surface area contributed by atoms with Gasteiger partial charge in [-0.15, -0.1) is 11.6 Å². The van der Waals surface area contributed by atoms with Crippen molar-refractivity contribution in [1.29, 1.82) is 0 Å². The third kappa shape index (κ3) is 4.63. The van der Waals surface area contributed by atoms with E-state index < -0.39 is 10.0 Å². The lowest BCUT2D eigenvalue weighted by molar-refractivity contribution is 0.581. The molecule has 0 amide bonds. The number of alkyl halides is 1. The number of halogens is 1. The summed E-state index contributed by atoms with van der Waals surface area (Å²) >= 11 is 5.71. The maximum Gasteiger partial charge on any atom is 0.240 e. The van der Waals surface area contributed by atoms with Crippen LogP contribution in [-0.2, 0) is 23.0 Å². The van der Waals surface area contributed by atoms with Gasteiger partial charge in [-0.3, -0.25) is 0 Å². The van der Waals surface area contributed by atoms with Gasteiger partial charge in [-0.2, -0.15) is 5.10 Å². The molecule has 0 unspecified atom stereocenters. The van der Waals surface area contributed by atoms with Crippen LogP contribution in [0, 0.1) is 13.8 Å². The first-order valence-corrected chi connectivity index (χ1v) is 11.2. The molecule has 0 saturated heterocycles. The van der Waals surface area contributed by atoms with Crippen molar-refractivity contribution in [3.8, 4) is 5.69 Å². The molecule has 0 atom stereocenters. The van der Waals surface area contributed by atoms with Gasteiger partial charge in [0.2, 0.25) is 10.0 Å². The minimum Gasteiger partial charge on any atom is -0.238 e. The maximum absolute atomic E-state index is 12.7. The fourth-order valence-corrected chi connectivity index (χ4v) is 4.24. The van der Waals surface area contributed by atoms with Crippen LogP contribution < -0.4 is 4.72 Å². The Bertz CT molecular complexity index is 1030. The zero-order valence-electron chi connectivity index (χ0n) is 16.0. The molecule has 3 aromatic rings. The van der Waals surface area contributed by atoms with Crippen LogP contribution in [0.15, 0.2) is 59.5 Å². The first-order valence-electron chi connectivity index (χ1n) is 9.17. The zero-order chi connectivity index (χ0) is 20.1. The number of nitrogens with one attached hydrogen (secondary N) is 1. The maximum atomic E-state index is 12.7. The second kappa shape index (κ2) is 8.90. The summed E-state index contributed by atoms with van der Waals surface area (Å²) in [6.07, 6.45) is 1.71. The molecule has 5 nitrogen and oxygen atoms in total. The van der Waals surface area contributed by atoms with E-state index in [1.807, 2.05) is 61.0 Å². The van der Waals surface area contributed by atoms with Crippen molar-refractivity contribution in [3.63, 3.8) is 0 Å². The van der Waals surface area contributed by atoms with Crippen LogP contribution in [0.3, 0.4) is 0 Å². The van der Waals surface area contributed by atoms with Crippen molar-refractivity contribution in [2.24, 2.45) is 0 Å². The van der Waals surface area contributed by atoms with Gasteiger partial charge in [-0.25, -0.2) is 17.8 Å². The van der Waals surface area contributed by atoms with Gasteiger partial charge in [0.05, 0.1) is 16.3 Å². The van der Waals surface area contributed by atoms with Crippen LogP contribution in [0.25, 0.3) is 5.69 Å². The summed E-state index contributed by atoms with van der Waals surface area (Å²) in [6.45, 7) is 4.03. The van der Waals surface area contributed by atoms with Crippen molar-refractivity contribution < 1.29 is 8.42 Å². The summed E-state index contributed by atoms with van der Waals surface area (Å²) in [5.74, 6) is 0.594. The molecule has 0 aliphatic rings. The van der Waals surface area contributed by atoms with Gasteiger partial charge in [-0.1, -0.05) is 30.3 Å². The third-order valence-electron chi connectivity index (χ3n) is 4.71. The third-order valence-corrected chi connectivity index (χ3v) is 6.40. The van der Waals surface area contributed by atoms with Gasteiger partial charge < -0.3 is 0 Å². The lowest BCUT2D eigenvalue weighted by atomic mass is 10.1. The Hall–Kier alpha value is -2.15. The highest BCUT2D eigenvalue weighted by Crippen LogP contribution is 2.19. The van der Waals surface area contributed by atoms with Crippen molar-refractivity contribution in [1.82, 2.24) is 14.5 Å². The fourth-order valence-electron chi connectivity index (χ4n) is 3.11. The molecule has 0 spiro atoms. The highest BCUT2D eigenvalue weighted by atomic mass is 35.5. The fraction of sp³-hybridized carbons (Fsp3) is 0.286. The molecule has 3 rings (SSSR count). The van der Waals surface area contributed by atoms with E-state index in [1.165, 1.54) is 0 Å². The SMILES string of the molecule is Cc1nn(-c2ccccc2)c(C)c1CNS(=O)(=O)c1ccc(CCCCl)cc1. The zero-order valence-corrected chi connectivity index (χ0v) is 17.6. The highest BCUT2D eigenvalue weighted by Gasteiger charge is 2.18. The monoisotopic (exact) mass is 417 g/mol. The van der Waals surface area contributed by atoms with E-state index in [0.717, 1.165) is 41.0 Å². The van der Waals surface area contributed by atoms with Crippen LogP contribution in [0.4, 0.5) is 0 Å². The van der Waals surface area contributed by atoms with Crippen molar-refractivity contribution in [3.05, 3.63) is 77.1 Å². The molecule has 0 aliphatic carbocycles. The topological polar surface area (TPSA) is 64.0 Å². The van der Waals surface area contributed by atoms with Crippen molar-refractivity contribution in [2.75, 3.05) is 5.88 Å². The van der Waals surface area contributed by atoms with Crippen LogP contribution in [0.2, 0.25) is 0 Å². The predicted molar refractivity (Wildman–Crippen MR) is 113 cm³/mol. The summed E-state index contributed by atoms with van der Waals surface area (Å²) < 4.78 is 29.9. The molecule has 0 aliphatic heterocycles. The van der Waals surface area contributed by atoms with Crippen LogP contribution in [-0.4, -0.2) is 24.1 Å². The molecule has 0 bridgehead atoms. The van der Waals surface area contributed by atoms with Gasteiger partial charge in [0.25, 0.3) is 0 Å². The van der Waals surface area contributed by atoms with E-state index in [2.05, 4.69) is 9.82 Å². The summed E-state index contributed by atoms with van der Waals surface area (Å²) in [6, 6.07) is 16.7. The van der Waals surface area contributed by atoms with Gasteiger partial charge in [0.15, 0.2) is 0 Å². The van der Waals surface area contributed by atoms with E-state index >= 15 is 0 Å². The first-order chi connectivity index (χ1) is 13.4. The Morgan fingerprint density at radius 1 is 1.04 bits per heavy atom. The number of aromatic nitrogens is 2. The Morgan fingerprint density at radius 3 is 2.36 bits per heavy atom. The van der Waals surface area contributed by atoms with Crippen LogP contribution in [0.5, 0.6) is 0 Å². The molecular weight excluding hydrogens is 394 g/mol. The molecule has 7 heteroatoms. The lowest BCUT2D eigenvalue weighted by Crippen LogP contribution is -2.23. The second-order valence-electron chi connectivity index (χ2n) is 6.66. The number of hydrogen-bond acceptors (Lipinski definition) is 3. The average molecular weight is 418 g/mol. The standard InChI is InChI=1S/C21H24ClN3O2S/c1-16-21(17(2)25(24-16)19-8-4-3-5-9-19)15-23-28(26,27)20-12-10-18(11-13-20)7-6-14-22/h3-5,8-13,23H,6-7,14-15H2,1-2H3. The lowest BCUT2D eigenvalue weighted by Gasteiger charge is -2.09. The molecule has 0 fully saturated rings. The Balaban J connectivity index is 1.75. The van der Waals surface area contributed by atoms with E-state index in [-0.39, 0.29) is 11.4 Å². The predicted octanol–water partition coefficient (Wildman–Crippen LogP) is 4.14. The molecule has 2 aromatic carbocycles. The molecule has 1 heterocycles. The van der Waals surface area contributed by atoms with Crippen LogP contribution >= 0.6 is 11.6 Å². The smallest absolute Gasteiger partial charge is 0.238 e. The summed E-state index contributed by atoms with van der Waals surface area (Å²) in [4.78, 5) is 0.257. The van der Waals surface area contributed by atoms with E-state index in [4.69, 9.17) is 11.6 Å². The van der Waals surface area contributed by atoms with Gasteiger partial charge >= 0.3 is 0 Å². The number of para-hydroxylation sites is 1. The average Bonchev–Trinajstić information content (AvgIpc) is 2.99. The van der Waals surface area contributed by atoms with Gasteiger partial charge in [0, 0.05) is 23.7 Å². The number of hydrogen-bond donors (Lipinski definition) is 1. The number of nitrogens with zero attached hydrogens (tertiary/aromatic N) is 2. The molecular formula is C21H24ClN3O2S. The molecule has 1 N–H and O–H groups in total. The van der Waals surface area contributed by atoms with Crippen molar-refractivity contribution in [2.45, 2.75) is 38.1 Å². The van der Waals surface area contributed by atoms with Crippen LogP contribution in [0.1, 0.15) is 28.9 Å². The molecule has 1 aromatic heterocycles. The van der Waals surface area contributed by atoms with E-state index in [9.17, 15) is 8.42 Å². The number of aryl methyl sites for hydroxylation is 2. The van der Waals surface area contributed by atoms with Gasteiger partial charge in [0.1, 0.15) is 0 Å². The first kappa shape index (κ1) is 20.6. The summed E-state index contributed by atoms with van der Waals surface area (Å²) in [5, 5.41) is 4.57. The minimum absolute atomic E-state index is 0.195. The second-order valence-corrected chi connectivity index (χ2v) is 8.80. The number of sulfonamides is 1. The Kier molecular flexibility index (Phi) is 6.54. The van der Waals surface area contributed by atoms with Gasteiger partial charge in [-0.05, 0) is 56.5 Å². The quantitative estimate of drug-likeness (QED) is 0.560.